The molecule has 0 bridgehead atoms. The number of nitrogens with zero attached hydrogens (tertiary/aromatic N) is 2. The van der Waals surface area contributed by atoms with Crippen LogP contribution < -0.4 is 10.1 Å². The molecule has 0 radical (unpaired) electrons. The molecular weight excluding hydrogens is 334 g/mol. The molecule has 1 aromatic carbocycles. The molecule has 0 amide bonds. The van der Waals surface area contributed by atoms with Crippen molar-refractivity contribution in [2.24, 2.45) is 0 Å². The molecule has 0 saturated heterocycles. The van der Waals surface area contributed by atoms with E-state index in [1.165, 1.54) is 6.33 Å². The number of benzene rings is 1. The quantitative estimate of drug-likeness (QED) is 0.799. The second-order valence-corrected chi connectivity index (χ2v) is 5.58. The van der Waals surface area contributed by atoms with Gasteiger partial charge >= 0.3 is 0 Å². The largest absolute Gasteiger partial charge is 0.490 e. The van der Waals surface area contributed by atoms with Gasteiger partial charge in [0.2, 0.25) is 0 Å². The van der Waals surface area contributed by atoms with E-state index in [0.29, 0.717) is 13.1 Å². The first kappa shape index (κ1) is 15.9. The molecule has 0 fully saturated rings. The van der Waals surface area contributed by atoms with Crippen molar-refractivity contribution in [3.63, 3.8) is 0 Å². The molecule has 0 saturated carbocycles. The van der Waals surface area contributed by atoms with Crippen molar-refractivity contribution >= 4 is 15.9 Å². The van der Waals surface area contributed by atoms with Crippen molar-refractivity contribution < 1.29 is 9.84 Å². The molecule has 1 unspecified atom stereocenters. The lowest BCUT2D eigenvalue weighted by Crippen LogP contribution is -2.31. The minimum atomic E-state index is -0.583. The molecule has 0 aliphatic rings. The van der Waals surface area contributed by atoms with Crippen LogP contribution in [0.2, 0.25) is 0 Å². The highest BCUT2D eigenvalue weighted by Gasteiger charge is 2.07. The van der Waals surface area contributed by atoms with Crippen LogP contribution >= 0.6 is 15.9 Å². The Morgan fingerprint density at radius 1 is 1.38 bits per heavy atom. The number of aromatic nitrogens is 2. The summed E-state index contributed by atoms with van der Waals surface area (Å²) in [5, 5.41) is 13.0. The number of aryl methyl sites for hydroxylation is 1. The van der Waals surface area contributed by atoms with E-state index < -0.39 is 6.10 Å². The molecule has 5 nitrogen and oxygen atoms in total. The van der Waals surface area contributed by atoms with Gasteiger partial charge < -0.3 is 15.2 Å². The van der Waals surface area contributed by atoms with Crippen LogP contribution in [0.25, 0.3) is 0 Å². The zero-order valence-electron chi connectivity index (χ0n) is 11.8. The van der Waals surface area contributed by atoms with Gasteiger partial charge in [0.15, 0.2) is 0 Å². The van der Waals surface area contributed by atoms with E-state index in [0.717, 1.165) is 21.5 Å². The average Bonchev–Trinajstić information content (AvgIpc) is 2.47. The predicted molar refractivity (Wildman–Crippen MR) is 84.1 cm³/mol. The highest BCUT2D eigenvalue weighted by atomic mass is 79.9. The fourth-order valence-electron chi connectivity index (χ4n) is 1.76. The maximum Gasteiger partial charge on any atom is 0.133 e. The van der Waals surface area contributed by atoms with Gasteiger partial charge in [0, 0.05) is 19.3 Å². The zero-order chi connectivity index (χ0) is 15.1. The number of aliphatic hydroxyl groups excluding tert-OH is 1. The van der Waals surface area contributed by atoms with Crippen LogP contribution in [0.4, 0.5) is 0 Å². The summed E-state index contributed by atoms with van der Waals surface area (Å²) in [6, 6.07) is 7.68. The highest BCUT2D eigenvalue weighted by Crippen LogP contribution is 2.25. The SMILES string of the molecule is Cc1ccc(OCC(O)CNCc2ccncn2)c(Br)c1. The van der Waals surface area contributed by atoms with Gasteiger partial charge in [0.05, 0.1) is 10.2 Å². The lowest BCUT2D eigenvalue weighted by atomic mass is 10.2. The van der Waals surface area contributed by atoms with Gasteiger partial charge in [-0.3, -0.25) is 0 Å². The predicted octanol–water partition coefficient (Wildman–Crippen LogP) is 2.08. The molecular formula is C15H18BrN3O2. The third-order valence-corrected chi connectivity index (χ3v) is 3.47. The number of hydrogen-bond acceptors (Lipinski definition) is 5. The molecule has 0 aliphatic heterocycles. The molecule has 1 atom stereocenters. The first-order valence-corrected chi connectivity index (χ1v) is 7.47. The monoisotopic (exact) mass is 351 g/mol. The summed E-state index contributed by atoms with van der Waals surface area (Å²) in [5.41, 5.74) is 2.04. The van der Waals surface area contributed by atoms with Crippen LogP contribution in [-0.2, 0) is 6.54 Å². The summed E-state index contributed by atoms with van der Waals surface area (Å²) in [5.74, 6) is 0.732. The standard InChI is InChI=1S/C15H18BrN3O2/c1-11-2-3-15(14(16)6-11)21-9-13(20)8-18-7-12-4-5-17-10-19-12/h2-6,10,13,18,20H,7-9H2,1H3. The Morgan fingerprint density at radius 2 is 2.24 bits per heavy atom. The van der Waals surface area contributed by atoms with E-state index in [4.69, 9.17) is 4.74 Å². The maximum atomic E-state index is 9.90. The van der Waals surface area contributed by atoms with Gasteiger partial charge in [-0.05, 0) is 46.6 Å². The minimum absolute atomic E-state index is 0.235. The highest BCUT2D eigenvalue weighted by molar-refractivity contribution is 9.10. The summed E-state index contributed by atoms with van der Waals surface area (Å²) in [7, 11) is 0. The number of hydrogen-bond donors (Lipinski definition) is 2. The van der Waals surface area contributed by atoms with Crippen LogP contribution in [0.3, 0.4) is 0 Å². The van der Waals surface area contributed by atoms with E-state index in [-0.39, 0.29) is 6.61 Å². The van der Waals surface area contributed by atoms with Gasteiger partial charge in [0.1, 0.15) is 24.8 Å². The van der Waals surface area contributed by atoms with E-state index >= 15 is 0 Å². The number of nitrogens with one attached hydrogen (secondary N) is 1. The van der Waals surface area contributed by atoms with Crippen molar-refractivity contribution in [1.29, 1.82) is 0 Å². The molecule has 2 rings (SSSR count). The molecule has 6 heteroatoms. The van der Waals surface area contributed by atoms with E-state index in [2.05, 4.69) is 31.2 Å². The smallest absolute Gasteiger partial charge is 0.133 e. The minimum Gasteiger partial charge on any atom is -0.490 e. The summed E-state index contributed by atoms with van der Waals surface area (Å²) in [4.78, 5) is 7.95. The Hall–Kier alpha value is -1.50. The van der Waals surface area contributed by atoms with Gasteiger partial charge in [-0.15, -0.1) is 0 Å². The average molecular weight is 352 g/mol. The third-order valence-electron chi connectivity index (χ3n) is 2.85. The van der Waals surface area contributed by atoms with E-state index in [1.54, 1.807) is 6.20 Å². The second kappa shape index (κ2) is 8.07. The first-order chi connectivity index (χ1) is 10.1. The molecule has 0 aliphatic carbocycles. The van der Waals surface area contributed by atoms with Crippen molar-refractivity contribution in [2.75, 3.05) is 13.2 Å². The van der Waals surface area contributed by atoms with Crippen LogP contribution in [0.5, 0.6) is 5.75 Å². The zero-order valence-corrected chi connectivity index (χ0v) is 13.4. The summed E-state index contributed by atoms with van der Waals surface area (Å²) in [6.07, 6.45) is 2.62. The Bertz CT molecular complexity index is 566. The number of ether oxygens (including phenoxy) is 1. The lowest BCUT2D eigenvalue weighted by Gasteiger charge is -2.14. The lowest BCUT2D eigenvalue weighted by molar-refractivity contribution is 0.105. The van der Waals surface area contributed by atoms with E-state index in [1.807, 2.05) is 31.2 Å². The molecule has 2 N–H and O–H groups in total. The van der Waals surface area contributed by atoms with Crippen LogP contribution in [0.1, 0.15) is 11.3 Å². The molecule has 1 aromatic heterocycles. The van der Waals surface area contributed by atoms with Crippen molar-refractivity contribution in [3.05, 3.63) is 52.5 Å². The third kappa shape index (κ3) is 5.41. The Balaban J connectivity index is 1.71. The second-order valence-electron chi connectivity index (χ2n) is 4.73. The van der Waals surface area contributed by atoms with Crippen LogP contribution in [0, 0.1) is 6.92 Å². The Morgan fingerprint density at radius 3 is 2.95 bits per heavy atom. The number of halogens is 1. The Kier molecular flexibility index (Phi) is 6.10. The van der Waals surface area contributed by atoms with Gasteiger partial charge in [0.25, 0.3) is 0 Å². The molecule has 2 aromatic rings. The number of aliphatic hydroxyl groups is 1. The first-order valence-electron chi connectivity index (χ1n) is 6.68. The fraction of sp³-hybridized carbons (Fsp3) is 0.333. The molecule has 1 heterocycles. The maximum absolute atomic E-state index is 9.90. The van der Waals surface area contributed by atoms with Gasteiger partial charge in [-0.2, -0.15) is 0 Å². The fourth-order valence-corrected chi connectivity index (χ4v) is 2.37. The molecule has 112 valence electrons. The normalized spacial score (nSPS) is 12.1. The van der Waals surface area contributed by atoms with Crippen molar-refractivity contribution in [1.82, 2.24) is 15.3 Å². The van der Waals surface area contributed by atoms with Crippen molar-refractivity contribution in [3.8, 4) is 5.75 Å². The van der Waals surface area contributed by atoms with Gasteiger partial charge in [-0.25, -0.2) is 9.97 Å². The van der Waals surface area contributed by atoms with E-state index in [9.17, 15) is 5.11 Å². The summed E-state index contributed by atoms with van der Waals surface area (Å²) in [6.45, 7) is 3.28. The topological polar surface area (TPSA) is 67.3 Å². The summed E-state index contributed by atoms with van der Waals surface area (Å²) < 4.78 is 6.49. The summed E-state index contributed by atoms with van der Waals surface area (Å²) >= 11 is 3.44. The van der Waals surface area contributed by atoms with Gasteiger partial charge in [-0.1, -0.05) is 6.07 Å². The van der Waals surface area contributed by atoms with Crippen LogP contribution in [-0.4, -0.2) is 34.3 Å². The molecule has 0 spiro atoms. The van der Waals surface area contributed by atoms with Crippen molar-refractivity contribution in [2.45, 2.75) is 19.6 Å². The Labute approximate surface area is 132 Å². The molecule has 21 heavy (non-hydrogen) atoms. The number of rotatable bonds is 7. The van der Waals surface area contributed by atoms with Crippen LogP contribution in [0.15, 0.2) is 41.3 Å².